The first-order valence-electron chi connectivity index (χ1n) is 25.1. The molecule has 1 saturated heterocycles. The number of carbonyl (C=O) groups is 1. The molecule has 6 atom stereocenters. The van der Waals surface area contributed by atoms with Crippen molar-refractivity contribution in [2.75, 3.05) is 62.3 Å². The third kappa shape index (κ3) is 6.27. The maximum atomic E-state index is 8.00. The summed E-state index contributed by atoms with van der Waals surface area (Å²) in [6.07, 6.45) is 34.1. The minimum Gasteiger partial charge on any atom is -0.325 e. The molecular weight excluding hydrogens is 729 g/mol. The Morgan fingerprint density at radius 3 is 0.814 bits per heavy atom. The highest BCUT2D eigenvalue weighted by Crippen LogP contribution is 2.66. The van der Waals surface area contributed by atoms with Crippen molar-refractivity contribution in [3.63, 3.8) is 0 Å². The highest BCUT2D eigenvalue weighted by Gasteiger charge is 2.67. The molecule has 0 radical (unpaired) electrons. The Labute approximate surface area is 360 Å². The SMILES string of the molecule is C=O.CN(C)C12CC3CC(C1)CC(N1CN(C45CC6CC(CC(N(C)C)(C6)C4)C5)CN(C45CC6CC(CC(N(C)C)(C6)C4)C5)C1)(C3)C2.NC12CC3CC(C1)CC(N)(C3)C2.[2HH]. The van der Waals surface area contributed by atoms with E-state index in [0.29, 0.717) is 33.2 Å². The van der Waals surface area contributed by atoms with E-state index in [9.17, 15) is 0 Å². The van der Waals surface area contributed by atoms with Gasteiger partial charge < -0.3 is 31.0 Å². The number of carbonyl (C=O) groups excluding carboxylic acids is 1. The van der Waals surface area contributed by atoms with Crippen molar-refractivity contribution < 1.29 is 6.22 Å². The van der Waals surface area contributed by atoms with Crippen LogP contribution >= 0.6 is 0 Å². The molecule has 16 saturated carbocycles. The quantitative estimate of drug-likeness (QED) is 0.301. The van der Waals surface area contributed by atoms with Gasteiger partial charge in [-0.25, -0.2) is 0 Å². The Kier molecular flexibility index (Phi) is 9.37. The molecule has 0 aromatic carbocycles. The summed E-state index contributed by atoms with van der Waals surface area (Å²) < 4.78 is 0. The zero-order chi connectivity index (χ0) is 41.2. The minimum atomic E-state index is 0. The van der Waals surface area contributed by atoms with E-state index in [2.05, 4.69) is 71.7 Å². The second-order valence-corrected chi connectivity index (χ2v) is 26.6. The Morgan fingerprint density at radius 2 is 0.610 bits per heavy atom. The van der Waals surface area contributed by atoms with E-state index >= 15 is 0 Å². The fraction of sp³-hybridized carbons (Fsp3) is 0.980. The van der Waals surface area contributed by atoms with Crippen LogP contribution in [0.2, 0.25) is 0 Å². The lowest BCUT2D eigenvalue weighted by atomic mass is 9.48. The van der Waals surface area contributed by atoms with E-state index in [4.69, 9.17) is 16.3 Å². The van der Waals surface area contributed by atoms with Gasteiger partial charge in [0.15, 0.2) is 0 Å². The van der Waals surface area contributed by atoms with E-state index in [1.807, 2.05) is 6.79 Å². The highest BCUT2D eigenvalue weighted by atomic mass is 16.1. The molecule has 0 aromatic heterocycles. The number of hydrogen-bond donors (Lipinski definition) is 2. The van der Waals surface area contributed by atoms with Crippen LogP contribution in [0.4, 0.5) is 0 Å². The third-order valence-corrected chi connectivity index (χ3v) is 22.0. The second-order valence-electron chi connectivity index (χ2n) is 26.6. The molecule has 0 spiro atoms. The lowest BCUT2D eigenvalue weighted by Crippen LogP contribution is -2.79. The van der Waals surface area contributed by atoms with E-state index in [-0.39, 0.29) is 12.5 Å². The molecule has 334 valence electrons. The molecule has 17 aliphatic rings. The Balaban J connectivity index is 0.000000245. The monoisotopic (exact) mass is 818 g/mol. The van der Waals surface area contributed by atoms with Crippen molar-refractivity contribution in [3.05, 3.63) is 0 Å². The maximum Gasteiger partial charge on any atom is 0.106 e. The van der Waals surface area contributed by atoms with Gasteiger partial charge in [-0.3, -0.25) is 14.7 Å². The predicted molar refractivity (Wildman–Crippen MR) is 239 cm³/mol. The Hall–Kier alpha value is -0.650. The normalized spacial score (nSPS) is 56.3. The predicted octanol–water partition coefficient (Wildman–Crippen LogP) is 6.79. The van der Waals surface area contributed by atoms with Gasteiger partial charge >= 0.3 is 0 Å². The molecule has 0 amide bonds. The molecule has 16 aliphatic carbocycles. The average molecular weight is 818 g/mol. The standard InChI is InChI=1S/C39H66N6.C10H18N2.CH2O.H2/c1-40(2)34-10-28-7-29(11-34)17-37(16-28,22-34)43-25-44(38-18-30-8-31(19-38)13-35(12-30,23-38)41(3)4)27-45(26-43)39-20-32-9-33(21-39)15-36(14-32,24-39)42(5)6;11-9-2-7-1-8(4-9)5-10(12,3-7)6-9;1-2;/h28-33H,7-27H2,1-6H3;7-8H,1-6,11-12H2;1H2;1H/i;;;1+1. The minimum absolute atomic E-state index is 0. The van der Waals surface area contributed by atoms with E-state index in [1.54, 1.807) is 0 Å². The smallest absolute Gasteiger partial charge is 0.106 e. The van der Waals surface area contributed by atoms with Gasteiger partial charge in [0.2, 0.25) is 0 Å². The summed E-state index contributed by atoms with van der Waals surface area (Å²) in [5.74, 6) is 7.42. The number of nitrogens with two attached hydrogens (primary N) is 2. The summed E-state index contributed by atoms with van der Waals surface area (Å²) in [5, 5.41) is 0. The Bertz CT molecular complexity index is 1420. The fourth-order valence-electron chi connectivity index (χ4n) is 21.2. The van der Waals surface area contributed by atoms with Gasteiger partial charge in [-0.1, -0.05) is 0 Å². The first kappa shape index (κ1) is 41.1. The van der Waals surface area contributed by atoms with Crippen LogP contribution in [0.15, 0.2) is 0 Å². The second kappa shape index (κ2) is 13.5. The van der Waals surface area contributed by atoms with E-state index in [0.717, 1.165) is 53.8 Å². The molecule has 1 heterocycles. The first-order valence-corrected chi connectivity index (χ1v) is 25.1. The summed E-state index contributed by atoms with van der Waals surface area (Å²) in [6, 6.07) is 0. The molecule has 0 aromatic rings. The van der Waals surface area contributed by atoms with Crippen molar-refractivity contribution in [3.8, 4) is 0 Å². The van der Waals surface area contributed by atoms with Crippen LogP contribution in [0.1, 0.15) is 156 Å². The van der Waals surface area contributed by atoms with Crippen LogP contribution in [0.3, 0.4) is 0 Å². The summed E-state index contributed by atoms with van der Waals surface area (Å²) in [6.45, 7) is 5.76. The molecule has 6 unspecified atom stereocenters. The molecule has 9 heteroatoms. The van der Waals surface area contributed by atoms with Gasteiger partial charge in [-0.2, -0.15) is 0 Å². The third-order valence-electron chi connectivity index (χ3n) is 22.0. The topological polar surface area (TPSA) is 88.6 Å². The Morgan fingerprint density at radius 1 is 0.390 bits per heavy atom. The van der Waals surface area contributed by atoms with Gasteiger partial charge in [0.25, 0.3) is 0 Å². The van der Waals surface area contributed by atoms with E-state index in [1.165, 1.54) is 168 Å². The lowest BCUT2D eigenvalue weighted by Gasteiger charge is -2.73. The van der Waals surface area contributed by atoms with Crippen molar-refractivity contribution >= 4 is 6.79 Å². The number of nitrogens with zero attached hydrogens (tertiary/aromatic N) is 6. The van der Waals surface area contributed by atoms with Crippen LogP contribution in [-0.4, -0.2) is 143 Å². The fourth-order valence-corrected chi connectivity index (χ4v) is 21.2. The van der Waals surface area contributed by atoms with Gasteiger partial charge in [0.1, 0.15) is 6.79 Å². The van der Waals surface area contributed by atoms with Crippen LogP contribution < -0.4 is 11.5 Å². The zero-order valence-corrected chi connectivity index (χ0v) is 38.7. The van der Waals surface area contributed by atoms with Crippen LogP contribution in [0.25, 0.3) is 0 Å². The van der Waals surface area contributed by atoms with E-state index < -0.39 is 0 Å². The summed E-state index contributed by atoms with van der Waals surface area (Å²) in [4.78, 5) is 25.8. The van der Waals surface area contributed by atoms with Crippen LogP contribution in [0.5, 0.6) is 0 Å². The van der Waals surface area contributed by atoms with Gasteiger partial charge in [0, 0.05) is 45.7 Å². The summed E-state index contributed by atoms with van der Waals surface area (Å²) in [7, 11) is 14.6. The molecule has 9 nitrogen and oxygen atoms in total. The van der Waals surface area contributed by atoms with Crippen LogP contribution in [-0.2, 0) is 4.79 Å². The van der Waals surface area contributed by atoms with Gasteiger partial charge in [-0.05, 0) is 244 Å². The molecule has 17 rings (SSSR count). The van der Waals surface area contributed by atoms with Crippen molar-refractivity contribution in [2.45, 2.75) is 198 Å². The molecular formula is C50H88N8O. The van der Waals surface area contributed by atoms with Gasteiger partial charge in [-0.15, -0.1) is 0 Å². The zero-order valence-electron chi connectivity index (χ0n) is 38.7. The highest BCUT2D eigenvalue weighted by molar-refractivity contribution is 5.22. The van der Waals surface area contributed by atoms with Crippen molar-refractivity contribution in [1.82, 2.24) is 29.4 Å². The number of rotatable bonds is 6. The summed E-state index contributed by atoms with van der Waals surface area (Å²) >= 11 is 0. The lowest BCUT2D eigenvalue weighted by molar-refractivity contribution is -0.246. The van der Waals surface area contributed by atoms with Crippen molar-refractivity contribution in [2.24, 2.45) is 58.8 Å². The van der Waals surface area contributed by atoms with Crippen molar-refractivity contribution in [1.29, 1.82) is 0 Å². The summed E-state index contributed by atoms with van der Waals surface area (Å²) in [5.41, 5.74) is 15.5. The largest absolute Gasteiger partial charge is 0.325 e. The average Bonchev–Trinajstić information content (AvgIpc) is 3.13. The molecule has 16 bridgehead atoms. The molecule has 1 aliphatic heterocycles. The van der Waals surface area contributed by atoms with Gasteiger partial charge in [0.05, 0.1) is 20.0 Å². The molecule has 17 fully saturated rings. The first-order chi connectivity index (χ1) is 27.9. The number of hydrogen-bond acceptors (Lipinski definition) is 9. The maximum absolute atomic E-state index is 8.00. The molecule has 4 N–H and O–H groups in total. The molecule has 59 heavy (non-hydrogen) atoms. The van der Waals surface area contributed by atoms with Crippen LogP contribution in [0, 0.1) is 47.3 Å².